The fraction of sp³-hybridized carbons (Fsp3) is 0.459. The summed E-state index contributed by atoms with van der Waals surface area (Å²) in [6, 6.07) is 22.9. The van der Waals surface area contributed by atoms with Crippen LogP contribution in [0.2, 0.25) is 0 Å². The van der Waals surface area contributed by atoms with E-state index in [9.17, 15) is 33.2 Å². The zero-order valence-electron chi connectivity index (χ0n) is 61.8. The van der Waals surface area contributed by atoms with Gasteiger partial charge in [-0.15, -0.1) is 10.2 Å². The number of likely N-dealkylation sites (tertiary alicyclic amines) is 2. The minimum atomic E-state index is -0.719. The van der Waals surface area contributed by atoms with Crippen LogP contribution in [0, 0.1) is 27.0 Å². The van der Waals surface area contributed by atoms with Gasteiger partial charge in [0.05, 0.1) is 110 Å². The van der Waals surface area contributed by atoms with Gasteiger partial charge in [0.2, 0.25) is 11.8 Å². The van der Waals surface area contributed by atoms with E-state index >= 15 is 4.39 Å². The van der Waals surface area contributed by atoms with Crippen molar-refractivity contribution in [3.63, 3.8) is 0 Å². The van der Waals surface area contributed by atoms with Crippen molar-refractivity contribution < 1.29 is 76.0 Å². The molecule has 0 saturated carbocycles. The molecule has 0 aliphatic carbocycles. The van der Waals surface area contributed by atoms with Crippen molar-refractivity contribution >= 4 is 82.7 Å². The molecule has 5 fully saturated rings. The molecule has 30 nitrogen and oxygen atoms in total. The molecule has 4 aromatic carbocycles. The monoisotopic (exact) mass is 1600 g/mol. The van der Waals surface area contributed by atoms with Gasteiger partial charge in [-0.25, -0.2) is 47.3 Å². The number of imidazole rings is 2. The lowest BCUT2D eigenvalue weighted by atomic mass is 9.79. The standard InChI is InChI=1S/C34H39FN8O6.C26H37BN4O5.C14H14FIN4O3/c1-20(2)30(38-33(46)48-3)32(45)42-13-4-5-29(42)31-36-16-28(37-31)22-8-6-21(7-9-22)26-11-10-24(15-27(26)35)43-19-25(49-34(43)47)18-41-17-23(12-14-44)39-40-41;1-16(2)21(30-24(33)34-7)23(32)31-14-8-9-20(31)22-28-15-19(29-22)17-10-12-18(13-11-17)27-35-25(3,4)26(5,6)36-27;15-12-5-10(1-2-13(12)16)20-8-11(23-14(20)22)7-19-6-9(3-4-21)17-18-19/h6-11,15-17,20,25,29-30,44H,4-5,12-14,18-19H2,1-3H3,(H,36,37)(H,38,46);10-13,15-16,20-21H,8-9,14H2,1-7H3,(H,28,29)(H,30,33);1-2,5-6,11,21H,3-4,7-8H2/t25-,29-,30-;20-,21-;11-/m000/s1. The van der Waals surface area contributed by atoms with E-state index < -0.39 is 61.6 Å². The highest BCUT2D eigenvalue weighted by Gasteiger charge is 2.52. The average Bonchev–Trinajstić information content (AvgIpc) is 1.63. The summed E-state index contributed by atoms with van der Waals surface area (Å²) in [5.41, 5.74) is 6.83. The van der Waals surface area contributed by atoms with Crippen molar-refractivity contribution in [2.75, 3.05) is 63.4 Å². The van der Waals surface area contributed by atoms with Crippen LogP contribution >= 0.6 is 22.6 Å². The number of anilines is 2. The largest absolute Gasteiger partial charge is 0.494 e. The summed E-state index contributed by atoms with van der Waals surface area (Å²) in [4.78, 5) is 97.4. The molecule has 8 aromatic rings. The van der Waals surface area contributed by atoms with E-state index in [1.807, 2.05) is 131 Å². The molecule has 0 radical (unpaired) electrons. The first-order valence-electron chi connectivity index (χ1n) is 35.8. The van der Waals surface area contributed by atoms with E-state index in [-0.39, 0.29) is 79.1 Å². The number of cyclic esters (lactones) is 2. The summed E-state index contributed by atoms with van der Waals surface area (Å²) in [6.45, 7) is 18.0. The second kappa shape index (κ2) is 34.5. The second-order valence-corrected chi connectivity index (χ2v) is 29.7. The van der Waals surface area contributed by atoms with Crippen LogP contribution in [0.15, 0.2) is 110 Å². The molecule has 5 saturated heterocycles. The normalized spacial score (nSPS) is 19.2. The molecule has 6 N–H and O–H groups in total. The fourth-order valence-electron chi connectivity index (χ4n) is 13.3. The third-order valence-electron chi connectivity index (χ3n) is 19.8. The molecule has 6 amide bonds. The van der Waals surface area contributed by atoms with E-state index in [0.717, 1.165) is 59.5 Å². The molecule has 0 unspecified atom stereocenters. The number of aliphatic hydroxyl groups is 2. The van der Waals surface area contributed by atoms with E-state index in [2.05, 4.69) is 51.2 Å². The van der Waals surface area contributed by atoms with Crippen molar-refractivity contribution in [2.24, 2.45) is 11.8 Å². The number of nitrogens with zero attached hydrogens (tertiary/aromatic N) is 12. The third-order valence-corrected chi connectivity index (χ3v) is 20.7. The Morgan fingerprint density at radius 1 is 0.630 bits per heavy atom. The molecule has 0 bridgehead atoms. The molecule has 34 heteroatoms. The van der Waals surface area contributed by atoms with Crippen LogP contribution in [0.25, 0.3) is 33.6 Å². The molecule has 5 aliphatic rings. The van der Waals surface area contributed by atoms with Crippen LogP contribution in [0.5, 0.6) is 0 Å². The van der Waals surface area contributed by atoms with Crippen LogP contribution in [-0.2, 0) is 63.8 Å². The smallest absolute Gasteiger partial charge is 0.453 e. The van der Waals surface area contributed by atoms with Crippen molar-refractivity contribution in [2.45, 2.75) is 155 Å². The lowest BCUT2D eigenvalue weighted by Gasteiger charge is -2.32. The van der Waals surface area contributed by atoms with Gasteiger partial charge in [-0.3, -0.25) is 19.4 Å². The lowest BCUT2D eigenvalue weighted by Crippen LogP contribution is -2.51. The van der Waals surface area contributed by atoms with Gasteiger partial charge in [0.1, 0.15) is 47.6 Å². The number of hydrogen-bond donors (Lipinski definition) is 6. The second-order valence-electron chi connectivity index (χ2n) is 28.6. The molecule has 4 aromatic heterocycles. The minimum absolute atomic E-state index is 0.00323. The topological polar surface area (TPSA) is 354 Å². The van der Waals surface area contributed by atoms with Crippen LogP contribution in [0.3, 0.4) is 0 Å². The summed E-state index contributed by atoms with van der Waals surface area (Å²) in [7, 11) is 2.15. The predicted octanol–water partition coefficient (Wildman–Crippen LogP) is 9.08. The maximum Gasteiger partial charge on any atom is 0.494 e. The number of amides is 6. The molecular formula is C74H90BF2IN16O14. The highest BCUT2D eigenvalue weighted by atomic mass is 127. The van der Waals surface area contributed by atoms with Crippen LogP contribution in [0.4, 0.5) is 39.3 Å². The summed E-state index contributed by atoms with van der Waals surface area (Å²) in [5.74, 6) is 0.0308. The number of rotatable bonds is 22. The quantitative estimate of drug-likeness (QED) is 0.0209. The SMILES string of the molecule is COC(=O)N[C@H](C(=O)N1CCC[C@H]1c1ncc(-c2ccc(-c3ccc(N4C[C@H](Cn5cc(CCO)nn5)OC4=O)cc3F)cc2)[nH]1)C(C)C.COC(=O)N[C@H](C(=O)N1CCC[C@H]1c1ncc(-c2ccc(B3OC(C)(C)C(C)(C)O3)cc2)[nH]1)C(C)C.O=C1O[C@@H](Cn2cc(CCO)nn2)CN1c1ccc(I)c(F)c1. The number of benzene rings is 4. The number of aliphatic hydroxyl groups excluding tert-OH is 2. The predicted molar refractivity (Wildman–Crippen MR) is 401 cm³/mol. The highest BCUT2D eigenvalue weighted by Crippen LogP contribution is 2.39. The van der Waals surface area contributed by atoms with Gasteiger partial charge in [-0.1, -0.05) is 86.7 Å². The summed E-state index contributed by atoms with van der Waals surface area (Å²) >= 11 is 1.89. The van der Waals surface area contributed by atoms with Crippen molar-refractivity contribution in [3.05, 3.63) is 148 Å². The molecule has 9 heterocycles. The summed E-state index contributed by atoms with van der Waals surface area (Å²) < 4.78 is 65.2. The molecule has 6 atom stereocenters. The number of alkyl carbamates (subject to hydrolysis) is 2. The van der Waals surface area contributed by atoms with E-state index in [1.54, 1.807) is 63.3 Å². The zero-order chi connectivity index (χ0) is 77.3. The average molecular weight is 1600 g/mol. The number of aromatic nitrogens is 10. The Kier molecular flexibility index (Phi) is 25.3. The number of ether oxygens (including phenoxy) is 4. The van der Waals surface area contributed by atoms with E-state index in [1.165, 1.54) is 36.2 Å². The molecule has 5 aliphatic heterocycles. The number of carbonyl (C=O) groups excluding carboxylic acids is 6. The number of H-pyrrole nitrogens is 2. The number of aromatic amines is 2. The van der Waals surface area contributed by atoms with Crippen molar-refractivity contribution in [1.82, 2.24) is 70.4 Å². The lowest BCUT2D eigenvalue weighted by molar-refractivity contribution is -0.136. The van der Waals surface area contributed by atoms with Crippen LogP contribution in [0.1, 0.15) is 116 Å². The number of nitrogens with one attached hydrogen (secondary N) is 4. The Morgan fingerprint density at radius 3 is 1.47 bits per heavy atom. The third kappa shape index (κ3) is 18.4. The molecule has 13 rings (SSSR count). The molecular weight excluding hydrogens is 1510 g/mol. The van der Waals surface area contributed by atoms with E-state index in [0.29, 0.717) is 82.3 Å². The first-order valence-corrected chi connectivity index (χ1v) is 36.9. The highest BCUT2D eigenvalue weighted by molar-refractivity contribution is 14.1. The maximum absolute atomic E-state index is 15.4. The Labute approximate surface area is 637 Å². The van der Waals surface area contributed by atoms with Gasteiger partial charge in [-0.2, -0.15) is 0 Å². The van der Waals surface area contributed by atoms with Gasteiger partial charge in [0.25, 0.3) is 0 Å². The number of halogens is 3. The molecule has 0 spiro atoms. The van der Waals surface area contributed by atoms with Crippen molar-refractivity contribution in [1.29, 1.82) is 0 Å². The Hall–Kier alpha value is -9.91. The van der Waals surface area contributed by atoms with Gasteiger partial charge in [0, 0.05) is 60.7 Å². The Bertz CT molecular complexity index is 4460. The summed E-state index contributed by atoms with van der Waals surface area (Å²) in [6.07, 6.45) is 7.73. The fourth-order valence-corrected chi connectivity index (χ4v) is 13.6. The number of methoxy groups -OCH3 is 2. The first kappa shape index (κ1) is 79.1. The molecule has 108 heavy (non-hydrogen) atoms. The number of hydrogen-bond acceptors (Lipinski definition) is 20. The Morgan fingerprint density at radius 2 is 1.06 bits per heavy atom. The number of carbonyl (C=O) groups is 6. The van der Waals surface area contributed by atoms with Gasteiger partial charge in [-0.05, 0) is 146 Å². The summed E-state index contributed by atoms with van der Waals surface area (Å²) in [5, 5.41) is 39.1. The zero-order valence-corrected chi connectivity index (χ0v) is 63.9. The molecule has 574 valence electrons. The van der Waals surface area contributed by atoms with Crippen molar-refractivity contribution in [3.8, 4) is 33.6 Å². The van der Waals surface area contributed by atoms with Crippen LogP contribution in [-0.4, -0.2) is 202 Å². The Balaban J connectivity index is 0.000000172. The van der Waals surface area contributed by atoms with Gasteiger partial charge >= 0.3 is 31.5 Å². The van der Waals surface area contributed by atoms with Gasteiger partial charge < -0.3 is 68.9 Å². The minimum Gasteiger partial charge on any atom is -0.453 e. The maximum atomic E-state index is 15.4. The first-order chi connectivity index (χ1) is 51.6. The van der Waals surface area contributed by atoms with Gasteiger partial charge in [0.15, 0.2) is 0 Å². The van der Waals surface area contributed by atoms with Crippen LogP contribution < -0.4 is 25.9 Å². The van der Waals surface area contributed by atoms with E-state index in [4.69, 9.17) is 38.5 Å².